The van der Waals surface area contributed by atoms with Crippen LogP contribution in [0.4, 0.5) is 0 Å². The third kappa shape index (κ3) is 2.65. The SMILES string of the molecule is COc1ccc(-c2nc3c(Br)cc(Br)cc3[nH]2)cc1OC. The molecule has 0 fully saturated rings. The number of nitrogens with zero attached hydrogens (tertiary/aromatic N) is 1. The lowest BCUT2D eigenvalue weighted by Gasteiger charge is -2.08. The van der Waals surface area contributed by atoms with Gasteiger partial charge in [-0.1, -0.05) is 15.9 Å². The molecule has 1 aromatic heterocycles. The van der Waals surface area contributed by atoms with Crippen molar-refractivity contribution in [3.63, 3.8) is 0 Å². The number of H-pyrrole nitrogens is 1. The fourth-order valence-corrected chi connectivity index (χ4v) is 3.48. The summed E-state index contributed by atoms with van der Waals surface area (Å²) in [4.78, 5) is 7.95. The first-order chi connectivity index (χ1) is 10.1. The molecule has 21 heavy (non-hydrogen) atoms. The van der Waals surface area contributed by atoms with Crippen LogP contribution in [0, 0.1) is 0 Å². The zero-order chi connectivity index (χ0) is 15.0. The zero-order valence-corrected chi connectivity index (χ0v) is 14.6. The first-order valence-corrected chi connectivity index (χ1v) is 7.78. The highest BCUT2D eigenvalue weighted by Crippen LogP contribution is 2.33. The van der Waals surface area contributed by atoms with Crippen molar-refractivity contribution in [1.29, 1.82) is 0 Å². The topological polar surface area (TPSA) is 47.1 Å². The van der Waals surface area contributed by atoms with Crippen LogP contribution in [-0.2, 0) is 0 Å². The van der Waals surface area contributed by atoms with Crippen LogP contribution >= 0.6 is 31.9 Å². The van der Waals surface area contributed by atoms with Gasteiger partial charge in [0, 0.05) is 14.5 Å². The van der Waals surface area contributed by atoms with Crippen molar-refractivity contribution in [2.24, 2.45) is 0 Å². The highest BCUT2D eigenvalue weighted by molar-refractivity contribution is 9.11. The van der Waals surface area contributed by atoms with Gasteiger partial charge in [0.2, 0.25) is 0 Å². The Morgan fingerprint density at radius 2 is 1.76 bits per heavy atom. The van der Waals surface area contributed by atoms with E-state index in [0.717, 1.165) is 31.4 Å². The van der Waals surface area contributed by atoms with Gasteiger partial charge in [-0.15, -0.1) is 0 Å². The van der Waals surface area contributed by atoms with E-state index < -0.39 is 0 Å². The highest BCUT2D eigenvalue weighted by Gasteiger charge is 2.11. The van der Waals surface area contributed by atoms with E-state index in [-0.39, 0.29) is 0 Å². The van der Waals surface area contributed by atoms with E-state index >= 15 is 0 Å². The maximum Gasteiger partial charge on any atom is 0.161 e. The normalized spacial score (nSPS) is 10.9. The average molecular weight is 412 g/mol. The van der Waals surface area contributed by atoms with E-state index in [2.05, 4.69) is 41.8 Å². The van der Waals surface area contributed by atoms with Crippen molar-refractivity contribution >= 4 is 42.9 Å². The number of halogens is 2. The second-order valence-corrected chi connectivity index (χ2v) is 6.21. The summed E-state index contributed by atoms with van der Waals surface area (Å²) < 4.78 is 12.5. The third-order valence-electron chi connectivity index (χ3n) is 3.16. The number of ether oxygens (including phenoxy) is 2. The van der Waals surface area contributed by atoms with E-state index in [1.165, 1.54) is 0 Å². The van der Waals surface area contributed by atoms with Crippen LogP contribution in [-0.4, -0.2) is 24.2 Å². The van der Waals surface area contributed by atoms with Gasteiger partial charge in [0.25, 0.3) is 0 Å². The Morgan fingerprint density at radius 3 is 2.48 bits per heavy atom. The summed E-state index contributed by atoms with van der Waals surface area (Å²) in [7, 11) is 3.24. The molecule has 0 radical (unpaired) electrons. The lowest BCUT2D eigenvalue weighted by molar-refractivity contribution is 0.355. The van der Waals surface area contributed by atoms with Gasteiger partial charge in [-0.2, -0.15) is 0 Å². The molecule has 0 aliphatic carbocycles. The van der Waals surface area contributed by atoms with Crippen LogP contribution in [0.5, 0.6) is 11.5 Å². The van der Waals surface area contributed by atoms with Crippen molar-refractivity contribution in [3.05, 3.63) is 39.3 Å². The standard InChI is InChI=1S/C15H12Br2N2O2/c1-20-12-4-3-8(5-13(12)21-2)15-18-11-7-9(16)6-10(17)14(11)19-15/h3-7H,1-2H3,(H,18,19). The second-order valence-electron chi connectivity index (χ2n) is 4.44. The Bertz CT molecular complexity index is 815. The quantitative estimate of drug-likeness (QED) is 0.675. The van der Waals surface area contributed by atoms with Crippen LogP contribution in [0.3, 0.4) is 0 Å². The molecule has 1 N–H and O–H groups in total. The van der Waals surface area contributed by atoms with Crippen LogP contribution in [0.25, 0.3) is 22.4 Å². The minimum atomic E-state index is 0.677. The number of imidazole rings is 1. The molecule has 4 nitrogen and oxygen atoms in total. The van der Waals surface area contributed by atoms with Crippen molar-refractivity contribution in [2.75, 3.05) is 14.2 Å². The molecular formula is C15H12Br2N2O2. The van der Waals surface area contributed by atoms with Gasteiger partial charge in [0.15, 0.2) is 11.5 Å². The Labute approximate surface area is 138 Å². The number of aromatic amines is 1. The molecule has 0 amide bonds. The fraction of sp³-hybridized carbons (Fsp3) is 0.133. The Morgan fingerprint density at radius 1 is 1.00 bits per heavy atom. The minimum absolute atomic E-state index is 0.677. The number of nitrogens with one attached hydrogen (secondary N) is 1. The summed E-state index contributed by atoms with van der Waals surface area (Å²) >= 11 is 7.00. The fourth-order valence-electron chi connectivity index (χ4n) is 2.16. The summed E-state index contributed by atoms with van der Waals surface area (Å²) in [5, 5.41) is 0. The van der Waals surface area contributed by atoms with Crippen molar-refractivity contribution in [1.82, 2.24) is 9.97 Å². The molecule has 6 heteroatoms. The molecule has 0 saturated carbocycles. The Hall–Kier alpha value is -1.53. The lowest BCUT2D eigenvalue weighted by atomic mass is 10.2. The van der Waals surface area contributed by atoms with Crippen LogP contribution < -0.4 is 9.47 Å². The molecule has 0 aliphatic heterocycles. The number of hydrogen-bond acceptors (Lipinski definition) is 3. The largest absolute Gasteiger partial charge is 0.493 e. The van der Waals surface area contributed by atoms with E-state index in [0.29, 0.717) is 11.5 Å². The van der Waals surface area contributed by atoms with Gasteiger partial charge in [-0.25, -0.2) is 4.98 Å². The van der Waals surface area contributed by atoms with Gasteiger partial charge >= 0.3 is 0 Å². The first kappa shape index (κ1) is 14.4. The van der Waals surface area contributed by atoms with Crippen molar-refractivity contribution < 1.29 is 9.47 Å². The highest BCUT2D eigenvalue weighted by atomic mass is 79.9. The van der Waals surface area contributed by atoms with E-state index in [1.54, 1.807) is 14.2 Å². The summed E-state index contributed by atoms with van der Waals surface area (Å²) in [6.45, 7) is 0. The summed E-state index contributed by atoms with van der Waals surface area (Å²) in [5.74, 6) is 2.15. The van der Waals surface area contributed by atoms with Gasteiger partial charge in [-0.3, -0.25) is 0 Å². The Balaban J connectivity index is 2.14. The van der Waals surface area contributed by atoms with Gasteiger partial charge in [0.1, 0.15) is 11.3 Å². The maximum absolute atomic E-state index is 5.33. The Kier molecular flexibility index (Phi) is 3.91. The lowest BCUT2D eigenvalue weighted by Crippen LogP contribution is -1.91. The van der Waals surface area contributed by atoms with E-state index in [9.17, 15) is 0 Å². The molecule has 0 unspecified atom stereocenters. The predicted molar refractivity (Wildman–Crippen MR) is 90.0 cm³/mol. The summed E-state index contributed by atoms with van der Waals surface area (Å²) in [5.41, 5.74) is 2.79. The summed E-state index contributed by atoms with van der Waals surface area (Å²) in [6, 6.07) is 9.69. The number of methoxy groups -OCH3 is 2. The monoisotopic (exact) mass is 410 g/mol. The maximum atomic E-state index is 5.33. The molecule has 0 aliphatic rings. The molecule has 2 aromatic carbocycles. The van der Waals surface area contributed by atoms with Crippen molar-refractivity contribution in [2.45, 2.75) is 0 Å². The molecule has 0 saturated heterocycles. The molecule has 108 valence electrons. The number of rotatable bonds is 3. The first-order valence-electron chi connectivity index (χ1n) is 6.19. The van der Waals surface area contributed by atoms with E-state index in [4.69, 9.17) is 9.47 Å². The van der Waals surface area contributed by atoms with Gasteiger partial charge in [0.05, 0.1) is 19.7 Å². The molecule has 3 aromatic rings. The smallest absolute Gasteiger partial charge is 0.161 e. The van der Waals surface area contributed by atoms with Gasteiger partial charge < -0.3 is 14.5 Å². The third-order valence-corrected chi connectivity index (χ3v) is 4.22. The zero-order valence-electron chi connectivity index (χ0n) is 11.4. The predicted octanol–water partition coefficient (Wildman–Crippen LogP) is 4.77. The van der Waals surface area contributed by atoms with E-state index in [1.807, 2.05) is 30.3 Å². The molecule has 0 spiro atoms. The molecule has 3 rings (SSSR count). The molecule has 1 heterocycles. The summed E-state index contributed by atoms with van der Waals surface area (Å²) in [6.07, 6.45) is 0. The number of benzene rings is 2. The molecule has 0 atom stereocenters. The van der Waals surface area contributed by atoms with Gasteiger partial charge in [-0.05, 0) is 46.3 Å². The number of aromatic nitrogens is 2. The van der Waals surface area contributed by atoms with Crippen LogP contribution in [0.2, 0.25) is 0 Å². The average Bonchev–Trinajstić information content (AvgIpc) is 2.90. The van der Waals surface area contributed by atoms with Crippen LogP contribution in [0.1, 0.15) is 0 Å². The number of fused-ring (bicyclic) bond motifs is 1. The number of hydrogen-bond donors (Lipinski definition) is 1. The minimum Gasteiger partial charge on any atom is -0.493 e. The van der Waals surface area contributed by atoms with Crippen LogP contribution in [0.15, 0.2) is 39.3 Å². The second kappa shape index (κ2) is 5.69. The molecule has 0 bridgehead atoms. The molecular weight excluding hydrogens is 400 g/mol. The van der Waals surface area contributed by atoms with Crippen molar-refractivity contribution in [3.8, 4) is 22.9 Å².